The molecule has 1 fully saturated rings. The molecule has 0 aromatic heterocycles. The molecule has 0 amide bonds. The Bertz CT molecular complexity index is 677. The van der Waals surface area contributed by atoms with E-state index in [0.29, 0.717) is 24.3 Å². The molecule has 0 atom stereocenters. The van der Waals surface area contributed by atoms with E-state index in [9.17, 15) is 31.9 Å². The first kappa shape index (κ1) is 24.4. The van der Waals surface area contributed by atoms with Crippen molar-refractivity contribution in [3.05, 3.63) is 29.8 Å². The molecule has 1 aliphatic carbocycles. The summed E-state index contributed by atoms with van der Waals surface area (Å²) in [5.41, 5.74) is -0.747. The van der Waals surface area contributed by atoms with Crippen molar-refractivity contribution in [3.8, 4) is 5.75 Å². The third-order valence-corrected chi connectivity index (χ3v) is 6.07. The maximum Gasteiger partial charge on any atom is 0.499 e. The molecule has 0 unspecified atom stereocenters. The van der Waals surface area contributed by atoms with Gasteiger partial charge in [0.15, 0.2) is 0 Å². The van der Waals surface area contributed by atoms with Gasteiger partial charge in [-0.3, -0.25) is 4.79 Å². The zero-order valence-electron chi connectivity index (χ0n) is 17.1. The van der Waals surface area contributed by atoms with Gasteiger partial charge in [-0.05, 0) is 49.3 Å². The van der Waals surface area contributed by atoms with Crippen LogP contribution < -0.4 is 4.74 Å². The average Bonchev–Trinajstić information content (AvgIpc) is 2.67. The molecule has 3 nitrogen and oxygen atoms in total. The standard InChI is InChI=1S/C22H29F5O3/c1-2-3-4-5-6-7-16-12-14-20(15-13-16,19(28)29)17-8-10-18(11-9-17)30-22(26,27)21(23,24)25/h8-11,16H,2-7,12-15H2,1H3,(H,28,29). The molecule has 1 saturated carbocycles. The fourth-order valence-electron chi connectivity index (χ4n) is 4.17. The molecule has 0 bridgehead atoms. The first-order valence-corrected chi connectivity index (χ1v) is 10.5. The first-order chi connectivity index (χ1) is 14.0. The molecule has 0 saturated heterocycles. The van der Waals surface area contributed by atoms with E-state index in [1.54, 1.807) is 0 Å². The quantitative estimate of drug-likeness (QED) is 0.314. The Morgan fingerprint density at radius 2 is 1.60 bits per heavy atom. The lowest BCUT2D eigenvalue weighted by molar-refractivity contribution is -0.360. The third kappa shape index (κ3) is 5.85. The minimum Gasteiger partial charge on any atom is -0.481 e. The van der Waals surface area contributed by atoms with Crippen molar-refractivity contribution in [2.75, 3.05) is 0 Å². The van der Waals surface area contributed by atoms with E-state index in [1.165, 1.54) is 37.8 Å². The van der Waals surface area contributed by atoms with Gasteiger partial charge in [0, 0.05) is 0 Å². The van der Waals surface area contributed by atoms with E-state index < -0.39 is 29.4 Å². The van der Waals surface area contributed by atoms with Crippen LogP contribution >= 0.6 is 0 Å². The summed E-state index contributed by atoms with van der Waals surface area (Å²) in [6.45, 7) is 2.16. The molecule has 170 valence electrons. The molecule has 2 rings (SSSR count). The molecule has 1 aromatic carbocycles. The zero-order valence-corrected chi connectivity index (χ0v) is 17.1. The number of alkyl halides is 5. The molecule has 0 spiro atoms. The summed E-state index contributed by atoms with van der Waals surface area (Å²) in [6.07, 6.45) is -1.80. The molecule has 0 heterocycles. The van der Waals surface area contributed by atoms with Crippen molar-refractivity contribution in [1.29, 1.82) is 0 Å². The van der Waals surface area contributed by atoms with Crippen LogP contribution in [0.5, 0.6) is 5.75 Å². The van der Waals surface area contributed by atoms with Crippen LogP contribution in [0.4, 0.5) is 22.0 Å². The third-order valence-electron chi connectivity index (χ3n) is 6.07. The van der Waals surface area contributed by atoms with Crippen molar-refractivity contribution in [1.82, 2.24) is 0 Å². The summed E-state index contributed by atoms with van der Waals surface area (Å²) in [6, 6.07) is 4.50. The lowest BCUT2D eigenvalue weighted by Crippen LogP contribution is -2.42. The number of carbonyl (C=O) groups is 1. The topological polar surface area (TPSA) is 46.5 Å². The highest BCUT2D eigenvalue weighted by Crippen LogP contribution is 2.44. The molecule has 1 aliphatic rings. The summed E-state index contributed by atoms with van der Waals surface area (Å²) in [5.74, 6) is -1.20. The van der Waals surface area contributed by atoms with Gasteiger partial charge in [-0.15, -0.1) is 0 Å². The van der Waals surface area contributed by atoms with Crippen LogP contribution in [-0.2, 0) is 10.2 Å². The van der Waals surface area contributed by atoms with Gasteiger partial charge in [0.1, 0.15) is 5.75 Å². The number of halogens is 5. The number of rotatable bonds is 10. The Labute approximate surface area is 173 Å². The highest BCUT2D eigenvalue weighted by Gasteiger charge is 2.61. The summed E-state index contributed by atoms with van der Waals surface area (Å²) >= 11 is 0. The highest BCUT2D eigenvalue weighted by atomic mass is 19.4. The largest absolute Gasteiger partial charge is 0.499 e. The maximum atomic E-state index is 13.0. The van der Waals surface area contributed by atoms with E-state index in [4.69, 9.17) is 0 Å². The van der Waals surface area contributed by atoms with Gasteiger partial charge in [-0.25, -0.2) is 0 Å². The van der Waals surface area contributed by atoms with E-state index in [2.05, 4.69) is 11.7 Å². The van der Waals surface area contributed by atoms with E-state index in [1.807, 2.05) is 0 Å². The average molecular weight is 436 g/mol. The van der Waals surface area contributed by atoms with E-state index in [0.717, 1.165) is 37.8 Å². The molecule has 0 radical (unpaired) electrons. The van der Waals surface area contributed by atoms with Gasteiger partial charge in [0.2, 0.25) is 0 Å². The molecule has 8 heteroatoms. The Hall–Kier alpha value is -1.86. The predicted molar refractivity (Wildman–Crippen MR) is 103 cm³/mol. The minimum absolute atomic E-state index is 0.402. The Morgan fingerprint density at radius 3 is 2.10 bits per heavy atom. The minimum atomic E-state index is -5.83. The maximum absolute atomic E-state index is 13.0. The smallest absolute Gasteiger partial charge is 0.481 e. The van der Waals surface area contributed by atoms with Crippen molar-refractivity contribution in [2.24, 2.45) is 5.92 Å². The Morgan fingerprint density at radius 1 is 1.03 bits per heavy atom. The molecule has 30 heavy (non-hydrogen) atoms. The summed E-state index contributed by atoms with van der Waals surface area (Å²) in [4.78, 5) is 12.1. The van der Waals surface area contributed by atoms with Crippen LogP contribution in [0, 0.1) is 5.92 Å². The van der Waals surface area contributed by atoms with Crippen LogP contribution in [0.25, 0.3) is 0 Å². The van der Waals surface area contributed by atoms with Crippen molar-refractivity contribution in [2.45, 2.75) is 88.8 Å². The van der Waals surface area contributed by atoms with Crippen molar-refractivity contribution >= 4 is 5.97 Å². The number of carboxylic acids is 1. The zero-order chi connectivity index (χ0) is 22.4. The predicted octanol–water partition coefficient (Wildman–Crippen LogP) is 7.09. The number of carboxylic acid groups (broad SMARTS) is 1. The lowest BCUT2D eigenvalue weighted by Gasteiger charge is -2.37. The van der Waals surface area contributed by atoms with Crippen LogP contribution in [0.2, 0.25) is 0 Å². The molecule has 1 N–H and O–H groups in total. The fraction of sp³-hybridized carbons (Fsp3) is 0.682. The highest BCUT2D eigenvalue weighted by molar-refractivity contribution is 5.81. The number of benzene rings is 1. The van der Waals surface area contributed by atoms with Crippen molar-refractivity contribution < 1.29 is 36.6 Å². The second-order valence-corrected chi connectivity index (χ2v) is 8.17. The molecule has 1 aromatic rings. The van der Waals surface area contributed by atoms with Gasteiger partial charge in [-0.2, -0.15) is 22.0 Å². The SMILES string of the molecule is CCCCCCCC1CCC(C(=O)O)(c2ccc(OC(F)(F)C(F)(F)F)cc2)CC1. The first-order valence-electron chi connectivity index (χ1n) is 10.5. The van der Waals surface area contributed by atoms with E-state index >= 15 is 0 Å². The number of ether oxygens (including phenoxy) is 1. The van der Waals surface area contributed by atoms with Crippen LogP contribution in [0.1, 0.15) is 76.7 Å². The molecular weight excluding hydrogens is 407 g/mol. The Kier molecular flexibility index (Phi) is 8.11. The van der Waals surface area contributed by atoms with Crippen LogP contribution in [0.15, 0.2) is 24.3 Å². The van der Waals surface area contributed by atoms with Gasteiger partial charge < -0.3 is 9.84 Å². The second-order valence-electron chi connectivity index (χ2n) is 8.17. The second kappa shape index (κ2) is 9.96. The van der Waals surface area contributed by atoms with Gasteiger partial charge in [-0.1, -0.05) is 57.6 Å². The number of aliphatic carboxylic acids is 1. The number of hydrogen-bond donors (Lipinski definition) is 1. The van der Waals surface area contributed by atoms with Gasteiger partial charge in [0.05, 0.1) is 5.41 Å². The molecular formula is C22H29F5O3. The van der Waals surface area contributed by atoms with Gasteiger partial charge in [0.25, 0.3) is 0 Å². The van der Waals surface area contributed by atoms with E-state index in [-0.39, 0.29) is 0 Å². The van der Waals surface area contributed by atoms with Crippen LogP contribution in [0.3, 0.4) is 0 Å². The summed E-state index contributed by atoms with van der Waals surface area (Å²) < 4.78 is 66.7. The summed E-state index contributed by atoms with van der Waals surface area (Å²) in [5, 5.41) is 9.86. The normalized spacial score (nSPS) is 22.7. The van der Waals surface area contributed by atoms with Crippen molar-refractivity contribution in [3.63, 3.8) is 0 Å². The molecule has 0 aliphatic heterocycles. The fourth-order valence-corrected chi connectivity index (χ4v) is 4.17. The lowest BCUT2D eigenvalue weighted by atomic mass is 9.66. The number of hydrogen-bond acceptors (Lipinski definition) is 2. The summed E-state index contributed by atoms with van der Waals surface area (Å²) in [7, 11) is 0. The van der Waals surface area contributed by atoms with Crippen LogP contribution in [-0.4, -0.2) is 23.4 Å². The monoisotopic (exact) mass is 436 g/mol. The number of unbranched alkanes of at least 4 members (excludes halogenated alkanes) is 4. The Balaban J connectivity index is 2.01. The van der Waals surface area contributed by atoms with Gasteiger partial charge >= 0.3 is 18.3 Å².